The van der Waals surface area contributed by atoms with Gasteiger partial charge in [-0.25, -0.2) is 0 Å². The lowest BCUT2D eigenvalue weighted by molar-refractivity contribution is 0.112. The van der Waals surface area contributed by atoms with Crippen LogP contribution in [0.25, 0.3) is 0 Å². The highest BCUT2D eigenvalue weighted by molar-refractivity contribution is 5.37. The highest BCUT2D eigenvalue weighted by Gasteiger charge is 2.24. The summed E-state index contributed by atoms with van der Waals surface area (Å²) in [7, 11) is 0. The Balaban J connectivity index is 2.49. The average molecular weight is 206 g/mol. The number of aryl methyl sites for hydroxylation is 1. The van der Waals surface area contributed by atoms with Crippen LogP contribution in [0.4, 0.5) is 0 Å². The third-order valence-corrected chi connectivity index (χ3v) is 3.40. The second-order valence-electron chi connectivity index (χ2n) is 4.46. The minimum atomic E-state index is -0.411. The zero-order chi connectivity index (χ0) is 10.8. The molecule has 1 aliphatic carbocycles. The molecule has 1 aromatic rings. The first-order valence-electron chi connectivity index (χ1n) is 5.63. The first kappa shape index (κ1) is 10.7. The Morgan fingerprint density at radius 2 is 2.20 bits per heavy atom. The quantitative estimate of drug-likeness (QED) is 0.691. The molecule has 1 aromatic carbocycles. The van der Waals surface area contributed by atoms with Crippen LogP contribution in [0.15, 0.2) is 18.2 Å². The van der Waals surface area contributed by atoms with Crippen molar-refractivity contribution in [2.45, 2.75) is 38.9 Å². The predicted molar refractivity (Wildman–Crippen MR) is 59.4 cm³/mol. The molecule has 2 atom stereocenters. The molecule has 0 amide bonds. The maximum absolute atomic E-state index is 10.2. The minimum Gasteiger partial charge on any atom is -0.392 e. The number of aliphatic hydroxyl groups excluding tert-OH is 2. The molecule has 82 valence electrons. The van der Waals surface area contributed by atoms with Gasteiger partial charge >= 0.3 is 0 Å². The van der Waals surface area contributed by atoms with E-state index in [-0.39, 0.29) is 6.61 Å². The molecule has 2 N–H and O–H groups in total. The highest BCUT2D eigenvalue weighted by atomic mass is 16.3. The zero-order valence-corrected chi connectivity index (χ0v) is 9.11. The number of hydrogen-bond acceptors (Lipinski definition) is 2. The zero-order valence-electron chi connectivity index (χ0n) is 9.11. The van der Waals surface area contributed by atoms with Gasteiger partial charge in [0.1, 0.15) is 0 Å². The van der Waals surface area contributed by atoms with Crippen molar-refractivity contribution in [1.29, 1.82) is 0 Å². The Morgan fingerprint density at radius 1 is 1.40 bits per heavy atom. The van der Waals surface area contributed by atoms with Gasteiger partial charge in [0.2, 0.25) is 0 Å². The van der Waals surface area contributed by atoms with Gasteiger partial charge in [0, 0.05) is 0 Å². The van der Waals surface area contributed by atoms with Gasteiger partial charge in [-0.15, -0.1) is 0 Å². The van der Waals surface area contributed by atoms with Crippen molar-refractivity contribution < 1.29 is 10.2 Å². The third kappa shape index (κ3) is 1.92. The largest absolute Gasteiger partial charge is 0.392 e. The van der Waals surface area contributed by atoms with Gasteiger partial charge in [0.15, 0.2) is 0 Å². The summed E-state index contributed by atoms with van der Waals surface area (Å²) in [6, 6.07) is 5.93. The van der Waals surface area contributed by atoms with Crippen molar-refractivity contribution in [2.24, 2.45) is 5.92 Å². The number of aliphatic hydroxyl groups is 2. The first-order chi connectivity index (χ1) is 7.24. The van der Waals surface area contributed by atoms with E-state index >= 15 is 0 Å². The molecule has 0 fully saturated rings. The summed E-state index contributed by atoms with van der Waals surface area (Å²) >= 11 is 0. The van der Waals surface area contributed by atoms with Crippen LogP contribution in [0.3, 0.4) is 0 Å². The summed E-state index contributed by atoms with van der Waals surface area (Å²) in [5.74, 6) is 0.291. The van der Waals surface area contributed by atoms with E-state index in [4.69, 9.17) is 0 Å². The van der Waals surface area contributed by atoms with E-state index in [1.807, 2.05) is 12.1 Å². The first-order valence-corrected chi connectivity index (χ1v) is 5.63. The summed E-state index contributed by atoms with van der Waals surface area (Å²) in [5, 5.41) is 19.5. The van der Waals surface area contributed by atoms with Crippen molar-refractivity contribution in [2.75, 3.05) is 0 Å². The molecule has 0 aromatic heterocycles. The van der Waals surface area contributed by atoms with Crippen molar-refractivity contribution in [3.8, 4) is 0 Å². The van der Waals surface area contributed by atoms with Crippen molar-refractivity contribution >= 4 is 0 Å². The Hall–Kier alpha value is -0.860. The standard InChI is InChI=1S/C13H18O2/c1-9-4-2-5-10-6-3-7-11(8-14)12(10)13(9)15/h3,6-7,9,13-15H,2,4-5,8H2,1H3. The molecule has 1 aliphatic rings. The normalized spacial score (nSPS) is 25.8. The number of rotatable bonds is 1. The van der Waals surface area contributed by atoms with Crippen molar-refractivity contribution in [3.05, 3.63) is 34.9 Å². The fourth-order valence-electron chi connectivity index (χ4n) is 2.46. The second-order valence-corrected chi connectivity index (χ2v) is 4.46. The maximum atomic E-state index is 10.2. The Labute approximate surface area is 90.6 Å². The van der Waals surface area contributed by atoms with E-state index in [2.05, 4.69) is 13.0 Å². The van der Waals surface area contributed by atoms with Crippen LogP contribution in [-0.4, -0.2) is 10.2 Å². The van der Waals surface area contributed by atoms with E-state index in [9.17, 15) is 10.2 Å². The average Bonchev–Trinajstić information content (AvgIpc) is 2.40. The third-order valence-electron chi connectivity index (χ3n) is 3.40. The Bertz CT molecular complexity index is 346. The fourth-order valence-corrected chi connectivity index (χ4v) is 2.46. The van der Waals surface area contributed by atoms with Crippen LogP contribution in [0, 0.1) is 5.92 Å². The summed E-state index contributed by atoms with van der Waals surface area (Å²) in [5.41, 5.74) is 3.07. The molecule has 2 unspecified atom stereocenters. The number of fused-ring (bicyclic) bond motifs is 1. The highest BCUT2D eigenvalue weighted by Crippen LogP contribution is 2.34. The summed E-state index contributed by atoms with van der Waals surface area (Å²) in [6.45, 7) is 2.10. The molecule has 15 heavy (non-hydrogen) atoms. The summed E-state index contributed by atoms with van der Waals surface area (Å²) in [6.07, 6.45) is 2.79. The fraction of sp³-hybridized carbons (Fsp3) is 0.538. The molecule has 0 saturated carbocycles. The van der Waals surface area contributed by atoms with Gasteiger partial charge in [-0.2, -0.15) is 0 Å². The van der Waals surface area contributed by atoms with E-state index in [1.54, 1.807) is 0 Å². The predicted octanol–water partition coefficient (Wildman–Crippen LogP) is 2.18. The lowest BCUT2D eigenvalue weighted by Crippen LogP contribution is -2.11. The van der Waals surface area contributed by atoms with Crippen LogP contribution >= 0.6 is 0 Å². The Morgan fingerprint density at radius 3 is 2.93 bits per heavy atom. The number of benzene rings is 1. The van der Waals surface area contributed by atoms with Gasteiger partial charge < -0.3 is 10.2 Å². The molecule has 0 saturated heterocycles. The second kappa shape index (κ2) is 4.33. The van der Waals surface area contributed by atoms with Crippen LogP contribution in [-0.2, 0) is 13.0 Å². The lowest BCUT2D eigenvalue weighted by atomic mass is 9.91. The summed E-state index contributed by atoms with van der Waals surface area (Å²) in [4.78, 5) is 0. The smallest absolute Gasteiger partial charge is 0.0821 e. The van der Waals surface area contributed by atoms with Crippen molar-refractivity contribution in [1.82, 2.24) is 0 Å². The van der Waals surface area contributed by atoms with Gasteiger partial charge in [-0.3, -0.25) is 0 Å². The molecule has 0 aliphatic heterocycles. The van der Waals surface area contributed by atoms with Crippen LogP contribution < -0.4 is 0 Å². The number of hydrogen-bond donors (Lipinski definition) is 2. The molecule has 0 radical (unpaired) electrons. The molecule has 0 heterocycles. The van der Waals surface area contributed by atoms with E-state index in [1.165, 1.54) is 5.56 Å². The maximum Gasteiger partial charge on any atom is 0.0821 e. The summed E-state index contributed by atoms with van der Waals surface area (Å²) < 4.78 is 0. The molecule has 2 rings (SSSR count). The van der Waals surface area contributed by atoms with Crippen molar-refractivity contribution in [3.63, 3.8) is 0 Å². The molecule has 2 heteroatoms. The topological polar surface area (TPSA) is 40.5 Å². The van der Waals surface area contributed by atoms with Crippen LogP contribution in [0.2, 0.25) is 0 Å². The van der Waals surface area contributed by atoms with Gasteiger partial charge in [0.25, 0.3) is 0 Å². The van der Waals surface area contributed by atoms with E-state index < -0.39 is 6.10 Å². The Kier molecular flexibility index (Phi) is 3.08. The van der Waals surface area contributed by atoms with Gasteiger partial charge in [0.05, 0.1) is 12.7 Å². The van der Waals surface area contributed by atoms with E-state index in [0.29, 0.717) is 5.92 Å². The molecular weight excluding hydrogens is 188 g/mol. The minimum absolute atomic E-state index is 0.0208. The lowest BCUT2D eigenvalue weighted by Gasteiger charge is -2.20. The van der Waals surface area contributed by atoms with Gasteiger partial charge in [-0.05, 0) is 41.9 Å². The SMILES string of the molecule is CC1CCCc2cccc(CO)c2C1O. The van der Waals surface area contributed by atoms with Crippen LogP contribution in [0.5, 0.6) is 0 Å². The van der Waals surface area contributed by atoms with Gasteiger partial charge in [-0.1, -0.05) is 25.1 Å². The van der Waals surface area contributed by atoms with Crippen LogP contribution in [0.1, 0.15) is 42.6 Å². The molecule has 0 bridgehead atoms. The molecule has 2 nitrogen and oxygen atoms in total. The molecular formula is C13H18O2. The van der Waals surface area contributed by atoms with E-state index in [0.717, 1.165) is 30.4 Å². The molecule has 0 spiro atoms. The monoisotopic (exact) mass is 206 g/mol.